The van der Waals surface area contributed by atoms with Crippen molar-refractivity contribution in [3.63, 3.8) is 0 Å². The van der Waals surface area contributed by atoms with E-state index in [0.29, 0.717) is 24.5 Å². The molecule has 0 radical (unpaired) electrons. The van der Waals surface area contributed by atoms with Gasteiger partial charge in [0.15, 0.2) is 0 Å². The monoisotopic (exact) mass is 461 g/mol. The average molecular weight is 462 g/mol. The minimum absolute atomic E-state index is 0.143. The van der Waals surface area contributed by atoms with Crippen molar-refractivity contribution in [1.29, 1.82) is 0 Å². The van der Waals surface area contributed by atoms with E-state index in [-0.39, 0.29) is 5.91 Å². The van der Waals surface area contributed by atoms with E-state index in [2.05, 4.69) is 11.4 Å². The zero-order valence-corrected chi connectivity index (χ0v) is 19.9. The summed E-state index contributed by atoms with van der Waals surface area (Å²) < 4.78 is 7.37. The lowest BCUT2D eigenvalue weighted by Crippen LogP contribution is -2.26. The molecule has 5 nitrogen and oxygen atoms in total. The van der Waals surface area contributed by atoms with Gasteiger partial charge in [0.1, 0.15) is 23.0 Å². The first-order valence-corrected chi connectivity index (χ1v) is 11.7. The number of benzene rings is 4. The Balaban J connectivity index is 1.62. The van der Waals surface area contributed by atoms with Crippen molar-refractivity contribution in [2.45, 2.75) is 20.0 Å². The van der Waals surface area contributed by atoms with Crippen LogP contribution in [0.1, 0.15) is 23.0 Å². The first kappa shape index (κ1) is 22.4. The normalized spacial score (nSPS) is 10.9. The van der Waals surface area contributed by atoms with Gasteiger partial charge in [0.05, 0.1) is 7.11 Å². The molecule has 0 aliphatic rings. The van der Waals surface area contributed by atoms with E-state index in [1.807, 2.05) is 102 Å². The van der Waals surface area contributed by atoms with Gasteiger partial charge in [0.25, 0.3) is 5.91 Å². The second kappa shape index (κ2) is 9.85. The molecule has 0 saturated heterocycles. The molecule has 1 amide bonds. The van der Waals surface area contributed by atoms with Crippen LogP contribution in [-0.4, -0.2) is 22.6 Å². The fourth-order valence-corrected chi connectivity index (χ4v) is 4.36. The molecule has 1 aromatic heterocycles. The maximum atomic E-state index is 13.6. The van der Waals surface area contributed by atoms with Gasteiger partial charge in [-0.2, -0.15) is 0 Å². The Bertz CT molecular complexity index is 1470. The number of methoxy groups -OCH3 is 1. The number of fused-ring (bicyclic) bond motifs is 1. The van der Waals surface area contributed by atoms with E-state index in [1.165, 1.54) is 0 Å². The Hall–Kier alpha value is -4.38. The Kier molecular flexibility index (Phi) is 6.31. The lowest BCUT2D eigenvalue weighted by Gasteiger charge is -2.12. The van der Waals surface area contributed by atoms with Gasteiger partial charge in [0.2, 0.25) is 0 Å². The van der Waals surface area contributed by atoms with Crippen LogP contribution < -0.4 is 10.1 Å². The lowest BCUT2D eigenvalue weighted by molar-refractivity contribution is 0.0942. The SMILES string of the molecule is CCn1c(-c2ccccc2)nc(-c2ccc3cc(OC)ccc3c2)c1C(=O)NCc1ccccc1. The first-order chi connectivity index (χ1) is 17.2. The van der Waals surface area contributed by atoms with Crippen molar-refractivity contribution in [1.82, 2.24) is 14.9 Å². The summed E-state index contributed by atoms with van der Waals surface area (Å²) in [6, 6.07) is 32.1. The quantitative estimate of drug-likeness (QED) is 0.308. The predicted octanol–water partition coefficient (Wildman–Crippen LogP) is 6.33. The van der Waals surface area contributed by atoms with Crippen molar-refractivity contribution in [3.8, 4) is 28.4 Å². The number of imidazole rings is 1. The number of nitrogens with one attached hydrogen (secondary N) is 1. The summed E-state index contributed by atoms with van der Waals surface area (Å²) in [5.74, 6) is 1.45. The van der Waals surface area contributed by atoms with E-state index in [9.17, 15) is 4.79 Å². The number of amides is 1. The van der Waals surface area contributed by atoms with E-state index < -0.39 is 0 Å². The molecule has 0 atom stereocenters. The van der Waals surface area contributed by atoms with Gasteiger partial charge < -0.3 is 14.6 Å². The molecule has 0 saturated carbocycles. The van der Waals surface area contributed by atoms with Gasteiger partial charge in [-0.3, -0.25) is 4.79 Å². The second-order valence-corrected chi connectivity index (χ2v) is 8.34. The molecule has 1 heterocycles. The molecular weight excluding hydrogens is 434 g/mol. The fourth-order valence-electron chi connectivity index (χ4n) is 4.36. The Morgan fingerprint density at radius 2 is 1.54 bits per heavy atom. The maximum absolute atomic E-state index is 13.6. The molecule has 0 bridgehead atoms. The van der Waals surface area contributed by atoms with E-state index in [1.54, 1.807) is 7.11 Å². The lowest BCUT2D eigenvalue weighted by atomic mass is 10.0. The third-order valence-corrected chi connectivity index (χ3v) is 6.15. The van der Waals surface area contributed by atoms with Crippen LogP contribution in [0.2, 0.25) is 0 Å². The Morgan fingerprint density at radius 3 is 2.26 bits per heavy atom. The molecular formula is C30H27N3O2. The van der Waals surface area contributed by atoms with Crippen LogP contribution in [0.15, 0.2) is 97.1 Å². The zero-order valence-electron chi connectivity index (χ0n) is 19.9. The highest BCUT2D eigenvalue weighted by Gasteiger charge is 2.24. The summed E-state index contributed by atoms with van der Waals surface area (Å²) in [5.41, 5.74) is 4.16. The largest absolute Gasteiger partial charge is 0.497 e. The van der Waals surface area contributed by atoms with Crippen molar-refractivity contribution < 1.29 is 9.53 Å². The van der Waals surface area contributed by atoms with E-state index >= 15 is 0 Å². The molecule has 0 aliphatic heterocycles. The fraction of sp³-hybridized carbons (Fsp3) is 0.133. The number of carbonyl (C=O) groups excluding carboxylic acids is 1. The molecule has 5 aromatic rings. The van der Waals surface area contributed by atoms with Crippen molar-refractivity contribution >= 4 is 16.7 Å². The third kappa shape index (κ3) is 4.53. The molecule has 0 spiro atoms. The summed E-state index contributed by atoms with van der Waals surface area (Å²) in [4.78, 5) is 18.6. The number of hydrogen-bond acceptors (Lipinski definition) is 3. The molecule has 0 aliphatic carbocycles. The van der Waals surface area contributed by atoms with Crippen molar-refractivity contribution in [3.05, 3.63) is 108 Å². The number of ether oxygens (including phenoxy) is 1. The highest BCUT2D eigenvalue weighted by atomic mass is 16.5. The van der Waals surface area contributed by atoms with Crippen LogP contribution in [0.5, 0.6) is 5.75 Å². The maximum Gasteiger partial charge on any atom is 0.270 e. The van der Waals surface area contributed by atoms with E-state index in [0.717, 1.165) is 39.0 Å². The Morgan fingerprint density at radius 1 is 0.857 bits per heavy atom. The standard InChI is InChI=1S/C30H27N3O2/c1-3-33-28(30(34)31-20-21-10-6-4-7-11-21)27(32-29(33)22-12-8-5-9-13-22)25-15-14-24-19-26(35-2)17-16-23(24)18-25/h4-19H,3,20H2,1-2H3,(H,31,34). The van der Waals surface area contributed by atoms with Crippen LogP contribution in [0.4, 0.5) is 0 Å². The van der Waals surface area contributed by atoms with Gasteiger partial charge >= 0.3 is 0 Å². The number of carbonyl (C=O) groups is 1. The topological polar surface area (TPSA) is 56.2 Å². The number of aromatic nitrogens is 2. The molecule has 0 unspecified atom stereocenters. The molecule has 0 fully saturated rings. The molecule has 174 valence electrons. The van der Waals surface area contributed by atoms with Gasteiger partial charge in [-0.1, -0.05) is 78.9 Å². The van der Waals surface area contributed by atoms with Crippen LogP contribution in [-0.2, 0) is 13.1 Å². The first-order valence-electron chi connectivity index (χ1n) is 11.7. The van der Waals surface area contributed by atoms with Crippen LogP contribution in [0.3, 0.4) is 0 Å². The third-order valence-electron chi connectivity index (χ3n) is 6.15. The molecule has 5 heteroatoms. The van der Waals surface area contributed by atoms with E-state index in [4.69, 9.17) is 9.72 Å². The van der Waals surface area contributed by atoms with Crippen LogP contribution in [0.25, 0.3) is 33.4 Å². The highest BCUT2D eigenvalue weighted by molar-refractivity contribution is 6.00. The summed E-state index contributed by atoms with van der Waals surface area (Å²) in [6.45, 7) is 3.11. The molecule has 5 rings (SSSR count). The van der Waals surface area contributed by atoms with Gasteiger partial charge in [-0.05, 0) is 41.5 Å². The van der Waals surface area contributed by atoms with Crippen molar-refractivity contribution in [2.75, 3.05) is 7.11 Å². The Labute approximate surface area is 205 Å². The summed E-state index contributed by atoms with van der Waals surface area (Å²) in [5, 5.41) is 5.23. The smallest absolute Gasteiger partial charge is 0.270 e. The zero-order chi connectivity index (χ0) is 24.2. The van der Waals surface area contributed by atoms with Crippen molar-refractivity contribution in [2.24, 2.45) is 0 Å². The number of nitrogens with zero attached hydrogens (tertiary/aromatic N) is 2. The molecule has 4 aromatic carbocycles. The average Bonchev–Trinajstić information content (AvgIpc) is 3.32. The van der Waals surface area contributed by atoms with Gasteiger partial charge in [0, 0.05) is 24.2 Å². The predicted molar refractivity (Wildman–Crippen MR) is 140 cm³/mol. The second-order valence-electron chi connectivity index (χ2n) is 8.34. The summed E-state index contributed by atoms with van der Waals surface area (Å²) in [7, 11) is 1.67. The highest BCUT2D eigenvalue weighted by Crippen LogP contribution is 2.32. The number of hydrogen-bond donors (Lipinski definition) is 1. The minimum Gasteiger partial charge on any atom is -0.497 e. The van der Waals surface area contributed by atoms with Crippen LogP contribution in [0, 0.1) is 0 Å². The van der Waals surface area contributed by atoms with Gasteiger partial charge in [-0.15, -0.1) is 0 Å². The van der Waals surface area contributed by atoms with Crippen LogP contribution >= 0.6 is 0 Å². The summed E-state index contributed by atoms with van der Waals surface area (Å²) >= 11 is 0. The minimum atomic E-state index is -0.143. The molecule has 1 N–H and O–H groups in total. The molecule has 35 heavy (non-hydrogen) atoms. The summed E-state index contributed by atoms with van der Waals surface area (Å²) in [6.07, 6.45) is 0. The van der Waals surface area contributed by atoms with Gasteiger partial charge in [-0.25, -0.2) is 4.98 Å². The number of rotatable bonds is 7.